The number of nitrogens with one attached hydrogen (secondary N) is 1. The van der Waals surface area contributed by atoms with Crippen molar-refractivity contribution in [2.75, 3.05) is 24.7 Å². The Labute approximate surface area is 126 Å². The summed E-state index contributed by atoms with van der Waals surface area (Å²) in [4.78, 5) is 0. The fourth-order valence-electron chi connectivity index (χ4n) is 2.34. The molecule has 1 saturated heterocycles. The van der Waals surface area contributed by atoms with Crippen LogP contribution in [-0.4, -0.2) is 30.8 Å². The van der Waals surface area contributed by atoms with E-state index >= 15 is 0 Å². The van der Waals surface area contributed by atoms with Gasteiger partial charge in [-0.1, -0.05) is 0 Å². The maximum absolute atomic E-state index is 5.75. The van der Waals surface area contributed by atoms with Gasteiger partial charge in [0.15, 0.2) is 11.5 Å². The molecule has 1 N–H and O–H groups in total. The molecule has 1 aromatic rings. The summed E-state index contributed by atoms with van der Waals surface area (Å²) in [5.41, 5.74) is 1.24. The Kier molecular flexibility index (Phi) is 4.56. The molecule has 0 bridgehead atoms. The first kappa shape index (κ1) is 13.6. The van der Waals surface area contributed by atoms with Crippen LogP contribution in [0.2, 0.25) is 0 Å². The highest BCUT2D eigenvalue weighted by Gasteiger charge is 2.17. The summed E-state index contributed by atoms with van der Waals surface area (Å²) in [6, 6.07) is 4.88. The van der Waals surface area contributed by atoms with Crippen LogP contribution in [0, 0.1) is 0 Å². The van der Waals surface area contributed by atoms with Gasteiger partial charge in [0.05, 0.1) is 17.7 Å². The molecule has 1 atom stereocenters. The SMILES string of the molecule is Brc1cc(CNC2CCSC2)cc2c1OCCCO2. The molecule has 1 fully saturated rings. The lowest BCUT2D eigenvalue weighted by Gasteiger charge is -2.14. The second-order valence-electron chi connectivity index (χ2n) is 4.90. The molecule has 0 aromatic heterocycles. The number of halogens is 1. The number of hydrogen-bond donors (Lipinski definition) is 1. The molecule has 104 valence electrons. The maximum Gasteiger partial charge on any atom is 0.175 e. The van der Waals surface area contributed by atoms with E-state index in [4.69, 9.17) is 9.47 Å². The van der Waals surface area contributed by atoms with Crippen molar-refractivity contribution in [2.24, 2.45) is 0 Å². The molecule has 0 spiro atoms. The number of thioether (sulfide) groups is 1. The lowest BCUT2D eigenvalue weighted by molar-refractivity contribution is 0.296. The van der Waals surface area contributed by atoms with Gasteiger partial charge in [-0.3, -0.25) is 0 Å². The second kappa shape index (κ2) is 6.37. The van der Waals surface area contributed by atoms with Crippen LogP contribution in [0.1, 0.15) is 18.4 Å². The van der Waals surface area contributed by atoms with Crippen molar-refractivity contribution in [1.29, 1.82) is 0 Å². The van der Waals surface area contributed by atoms with Gasteiger partial charge in [-0.2, -0.15) is 11.8 Å². The van der Waals surface area contributed by atoms with E-state index < -0.39 is 0 Å². The Morgan fingerprint density at radius 3 is 3.05 bits per heavy atom. The van der Waals surface area contributed by atoms with Gasteiger partial charge in [0, 0.05) is 24.8 Å². The van der Waals surface area contributed by atoms with E-state index in [0.717, 1.165) is 42.2 Å². The Balaban J connectivity index is 1.71. The normalized spacial score (nSPS) is 22.3. The molecule has 0 amide bonds. The van der Waals surface area contributed by atoms with Crippen molar-refractivity contribution in [3.8, 4) is 11.5 Å². The Morgan fingerprint density at radius 2 is 2.21 bits per heavy atom. The summed E-state index contributed by atoms with van der Waals surface area (Å²) in [7, 11) is 0. The lowest BCUT2D eigenvalue weighted by Crippen LogP contribution is -2.27. The Hall–Kier alpha value is -0.390. The molecule has 1 unspecified atom stereocenters. The third-order valence-electron chi connectivity index (χ3n) is 3.39. The van der Waals surface area contributed by atoms with Crippen molar-refractivity contribution in [3.63, 3.8) is 0 Å². The first-order chi connectivity index (χ1) is 9.33. The minimum atomic E-state index is 0.653. The van der Waals surface area contributed by atoms with Crippen molar-refractivity contribution in [1.82, 2.24) is 5.32 Å². The Morgan fingerprint density at radius 1 is 1.32 bits per heavy atom. The van der Waals surface area contributed by atoms with Crippen molar-refractivity contribution in [2.45, 2.75) is 25.4 Å². The van der Waals surface area contributed by atoms with Crippen molar-refractivity contribution >= 4 is 27.7 Å². The lowest BCUT2D eigenvalue weighted by atomic mass is 10.1. The number of benzene rings is 1. The monoisotopic (exact) mass is 343 g/mol. The molecule has 2 aliphatic rings. The third-order valence-corrected chi connectivity index (χ3v) is 5.14. The molecular formula is C14H18BrNO2S. The average molecular weight is 344 g/mol. The van der Waals surface area contributed by atoms with Gasteiger partial charge in [0.2, 0.25) is 0 Å². The van der Waals surface area contributed by atoms with E-state index in [2.05, 4.69) is 33.4 Å². The molecular weight excluding hydrogens is 326 g/mol. The van der Waals surface area contributed by atoms with Crippen LogP contribution in [0.4, 0.5) is 0 Å². The van der Waals surface area contributed by atoms with Crippen LogP contribution in [-0.2, 0) is 6.54 Å². The molecule has 2 heterocycles. The quantitative estimate of drug-likeness (QED) is 0.912. The van der Waals surface area contributed by atoms with Crippen molar-refractivity contribution < 1.29 is 9.47 Å². The number of rotatable bonds is 3. The van der Waals surface area contributed by atoms with Gasteiger partial charge in [-0.05, 0) is 45.8 Å². The van der Waals surface area contributed by atoms with E-state index in [9.17, 15) is 0 Å². The highest BCUT2D eigenvalue weighted by atomic mass is 79.9. The molecule has 19 heavy (non-hydrogen) atoms. The fourth-order valence-corrected chi connectivity index (χ4v) is 4.13. The largest absolute Gasteiger partial charge is 0.490 e. The van der Waals surface area contributed by atoms with Gasteiger partial charge >= 0.3 is 0 Å². The fraction of sp³-hybridized carbons (Fsp3) is 0.571. The standard InChI is InChI=1S/C14H18BrNO2S/c15-12-6-10(8-16-11-2-5-19-9-11)7-13-14(12)18-4-1-3-17-13/h6-7,11,16H,1-5,8-9H2. The summed E-state index contributed by atoms with van der Waals surface area (Å²) in [5.74, 6) is 4.22. The van der Waals surface area contributed by atoms with Crippen LogP contribution in [0.5, 0.6) is 11.5 Å². The molecule has 3 nitrogen and oxygen atoms in total. The summed E-state index contributed by atoms with van der Waals surface area (Å²) >= 11 is 5.61. The van der Waals surface area contributed by atoms with Crippen LogP contribution >= 0.6 is 27.7 Å². The summed E-state index contributed by atoms with van der Waals surface area (Å²) in [6.07, 6.45) is 2.21. The zero-order valence-corrected chi connectivity index (χ0v) is 13.2. The smallest absolute Gasteiger partial charge is 0.175 e. The summed E-state index contributed by atoms with van der Waals surface area (Å²) in [6.45, 7) is 2.35. The van der Waals surface area contributed by atoms with Gasteiger partial charge in [-0.15, -0.1) is 0 Å². The first-order valence-electron chi connectivity index (χ1n) is 6.72. The van der Waals surface area contributed by atoms with E-state index in [-0.39, 0.29) is 0 Å². The zero-order chi connectivity index (χ0) is 13.1. The van der Waals surface area contributed by atoms with Gasteiger partial charge in [0.25, 0.3) is 0 Å². The molecule has 2 aliphatic heterocycles. The van der Waals surface area contributed by atoms with E-state index in [1.54, 1.807) is 0 Å². The Bertz CT molecular complexity index is 449. The predicted molar refractivity (Wildman–Crippen MR) is 82.3 cm³/mol. The molecule has 0 saturated carbocycles. The molecule has 5 heteroatoms. The first-order valence-corrected chi connectivity index (χ1v) is 8.67. The number of ether oxygens (including phenoxy) is 2. The van der Waals surface area contributed by atoms with Crippen LogP contribution in [0.25, 0.3) is 0 Å². The van der Waals surface area contributed by atoms with Gasteiger partial charge < -0.3 is 14.8 Å². The van der Waals surface area contributed by atoms with Crippen molar-refractivity contribution in [3.05, 3.63) is 22.2 Å². The van der Waals surface area contributed by atoms with Crippen LogP contribution in [0.15, 0.2) is 16.6 Å². The predicted octanol–water partition coefficient (Wildman–Crippen LogP) is 3.21. The average Bonchev–Trinajstić information content (AvgIpc) is 2.81. The molecule has 0 radical (unpaired) electrons. The van der Waals surface area contributed by atoms with Gasteiger partial charge in [0.1, 0.15) is 0 Å². The minimum absolute atomic E-state index is 0.653. The number of hydrogen-bond acceptors (Lipinski definition) is 4. The molecule has 0 aliphatic carbocycles. The highest BCUT2D eigenvalue weighted by Crippen LogP contribution is 2.38. The topological polar surface area (TPSA) is 30.5 Å². The van der Waals surface area contributed by atoms with E-state index in [0.29, 0.717) is 6.04 Å². The highest BCUT2D eigenvalue weighted by molar-refractivity contribution is 9.10. The van der Waals surface area contributed by atoms with Gasteiger partial charge in [-0.25, -0.2) is 0 Å². The van der Waals surface area contributed by atoms with Crippen LogP contribution in [0.3, 0.4) is 0 Å². The molecule has 3 rings (SSSR count). The summed E-state index contributed by atoms with van der Waals surface area (Å²) in [5, 5.41) is 3.61. The zero-order valence-electron chi connectivity index (χ0n) is 10.8. The summed E-state index contributed by atoms with van der Waals surface area (Å²) < 4.78 is 12.5. The second-order valence-corrected chi connectivity index (χ2v) is 6.90. The minimum Gasteiger partial charge on any atom is -0.490 e. The van der Waals surface area contributed by atoms with E-state index in [1.807, 2.05) is 11.8 Å². The number of fused-ring (bicyclic) bond motifs is 1. The third kappa shape index (κ3) is 3.38. The molecule has 1 aromatic carbocycles. The van der Waals surface area contributed by atoms with E-state index in [1.165, 1.54) is 23.5 Å². The van der Waals surface area contributed by atoms with Crippen LogP contribution < -0.4 is 14.8 Å². The maximum atomic E-state index is 5.75.